The first-order valence-electron chi connectivity index (χ1n) is 10.4. The molecule has 34 heavy (non-hydrogen) atoms. The normalized spacial score (nSPS) is 11.5. The van der Waals surface area contributed by atoms with E-state index in [4.69, 9.17) is 4.42 Å². The number of sulfonamides is 1. The molecule has 0 aliphatic heterocycles. The molecule has 1 aromatic heterocycles. The van der Waals surface area contributed by atoms with E-state index in [9.17, 15) is 13.2 Å². The van der Waals surface area contributed by atoms with Gasteiger partial charge in [0.2, 0.25) is 15.9 Å². The van der Waals surface area contributed by atoms with Gasteiger partial charge in [-0.2, -0.15) is 0 Å². The molecule has 0 radical (unpaired) electrons. The standard InChI is InChI=1S/C25H23N3O4S2/c1-28(2)34(30,31)21-15-13-20(14-16-21)26-22(29)17-33-25-27-23(18-9-5-3-6-10-18)24(32-25)19-11-7-4-8-12-19/h3-16H,17H2,1-2H3,(H,26,29). The third kappa shape index (κ3) is 5.39. The predicted molar refractivity (Wildman–Crippen MR) is 134 cm³/mol. The number of hydrogen-bond acceptors (Lipinski definition) is 6. The summed E-state index contributed by atoms with van der Waals surface area (Å²) >= 11 is 1.19. The maximum absolute atomic E-state index is 12.5. The number of amides is 1. The van der Waals surface area contributed by atoms with E-state index in [1.54, 1.807) is 12.1 Å². The van der Waals surface area contributed by atoms with E-state index in [0.717, 1.165) is 15.4 Å². The van der Waals surface area contributed by atoms with Crippen LogP contribution in [0, 0.1) is 0 Å². The summed E-state index contributed by atoms with van der Waals surface area (Å²) in [5.74, 6) is 0.474. The van der Waals surface area contributed by atoms with Crippen molar-refractivity contribution in [1.82, 2.24) is 9.29 Å². The number of benzene rings is 3. The first-order chi connectivity index (χ1) is 16.3. The molecule has 174 valence electrons. The fraction of sp³-hybridized carbons (Fsp3) is 0.120. The van der Waals surface area contributed by atoms with Gasteiger partial charge in [0, 0.05) is 30.9 Å². The van der Waals surface area contributed by atoms with Crippen LogP contribution in [0.3, 0.4) is 0 Å². The third-order valence-electron chi connectivity index (χ3n) is 4.93. The average Bonchev–Trinajstić information content (AvgIpc) is 3.28. The molecule has 7 nitrogen and oxygen atoms in total. The number of aromatic nitrogens is 1. The zero-order chi connectivity index (χ0) is 24.1. The van der Waals surface area contributed by atoms with Crippen molar-refractivity contribution in [2.45, 2.75) is 10.1 Å². The lowest BCUT2D eigenvalue weighted by Gasteiger charge is -2.11. The number of oxazole rings is 1. The molecule has 0 atom stereocenters. The van der Waals surface area contributed by atoms with Gasteiger partial charge in [-0.15, -0.1) is 0 Å². The van der Waals surface area contributed by atoms with Gasteiger partial charge in [-0.3, -0.25) is 4.79 Å². The van der Waals surface area contributed by atoms with Gasteiger partial charge in [0.25, 0.3) is 5.22 Å². The Balaban J connectivity index is 1.46. The highest BCUT2D eigenvalue weighted by atomic mass is 32.2. The smallest absolute Gasteiger partial charge is 0.257 e. The molecule has 1 heterocycles. The Labute approximate surface area is 202 Å². The fourth-order valence-electron chi connectivity index (χ4n) is 3.18. The van der Waals surface area contributed by atoms with E-state index < -0.39 is 10.0 Å². The Hall–Kier alpha value is -3.40. The van der Waals surface area contributed by atoms with Crippen LogP contribution in [-0.4, -0.2) is 43.5 Å². The molecule has 0 fully saturated rings. The SMILES string of the molecule is CN(C)S(=O)(=O)c1ccc(NC(=O)CSc2nc(-c3ccccc3)c(-c3ccccc3)o2)cc1. The summed E-state index contributed by atoms with van der Waals surface area (Å²) in [6, 6.07) is 25.5. The average molecular weight is 494 g/mol. The van der Waals surface area contributed by atoms with Crippen molar-refractivity contribution in [2.75, 3.05) is 25.2 Å². The summed E-state index contributed by atoms with van der Waals surface area (Å²) in [7, 11) is -0.581. The summed E-state index contributed by atoms with van der Waals surface area (Å²) in [6.45, 7) is 0. The molecule has 0 spiro atoms. The topological polar surface area (TPSA) is 92.5 Å². The quantitative estimate of drug-likeness (QED) is 0.348. The van der Waals surface area contributed by atoms with Gasteiger partial charge in [-0.05, 0) is 24.3 Å². The van der Waals surface area contributed by atoms with Crippen molar-refractivity contribution in [3.05, 3.63) is 84.9 Å². The first-order valence-corrected chi connectivity index (χ1v) is 12.8. The van der Waals surface area contributed by atoms with Gasteiger partial charge < -0.3 is 9.73 Å². The second-order valence-electron chi connectivity index (χ2n) is 7.54. The van der Waals surface area contributed by atoms with Gasteiger partial charge >= 0.3 is 0 Å². The highest BCUT2D eigenvalue weighted by molar-refractivity contribution is 7.99. The molecule has 0 aliphatic rings. The minimum Gasteiger partial charge on any atom is -0.431 e. The third-order valence-corrected chi connectivity index (χ3v) is 7.59. The minimum atomic E-state index is -3.52. The lowest BCUT2D eigenvalue weighted by Crippen LogP contribution is -2.22. The van der Waals surface area contributed by atoms with Crippen molar-refractivity contribution in [3.8, 4) is 22.6 Å². The second-order valence-corrected chi connectivity index (χ2v) is 10.6. The molecule has 0 unspecified atom stereocenters. The molecular formula is C25H23N3O4S2. The number of nitrogens with zero attached hydrogens (tertiary/aromatic N) is 2. The molecule has 4 aromatic rings. The zero-order valence-electron chi connectivity index (χ0n) is 18.6. The van der Waals surface area contributed by atoms with Crippen LogP contribution in [0.25, 0.3) is 22.6 Å². The molecule has 9 heteroatoms. The van der Waals surface area contributed by atoms with E-state index >= 15 is 0 Å². The first kappa shape index (κ1) is 23.7. The Bertz CT molecular complexity index is 1310. The van der Waals surface area contributed by atoms with Crippen LogP contribution in [0.4, 0.5) is 5.69 Å². The number of nitrogens with one attached hydrogen (secondary N) is 1. The van der Waals surface area contributed by atoms with Crippen LogP contribution >= 0.6 is 11.8 Å². The van der Waals surface area contributed by atoms with Crippen LogP contribution in [0.1, 0.15) is 0 Å². The van der Waals surface area contributed by atoms with Crippen molar-refractivity contribution in [3.63, 3.8) is 0 Å². The summed E-state index contributed by atoms with van der Waals surface area (Å²) in [6.07, 6.45) is 0. The monoisotopic (exact) mass is 493 g/mol. The van der Waals surface area contributed by atoms with Crippen LogP contribution in [0.15, 0.2) is 99.5 Å². The number of carbonyl (C=O) groups is 1. The Morgan fingerprint density at radius 3 is 2.09 bits per heavy atom. The molecule has 3 aromatic carbocycles. The van der Waals surface area contributed by atoms with Crippen molar-refractivity contribution < 1.29 is 17.6 Å². The number of carbonyl (C=O) groups excluding carboxylic acids is 1. The van der Waals surface area contributed by atoms with Gasteiger partial charge in [-0.25, -0.2) is 17.7 Å². The van der Waals surface area contributed by atoms with Crippen LogP contribution in [-0.2, 0) is 14.8 Å². The summed E-state index contributed by atoms with van der Waals surface area (Å²) in [5, 5.41) is 3.16. The Morgan fingerprint density at radius 1 is 0.912 bits per heavy atom. The highest BCUT2D eigenvalue weighted by Gasteiger charge is 2.19. The van der Waals surface area contributed by atoms with Crippen LogP contribution in [0.2, 0.25) is 0 Å². The highest BCUT2D eigenvalue weighted by Crippen LogP contribution is 2.35. The predicted octanol–water partition coefficient (Wildman–Crippen LogP) is 4.99. The van der Waals surface area contributed by atoms with Crippen molar-refractivity contribution >= 4 is 33.4 Å². The molecule has 0 saturated heterocycles. The summed E-state index contributed by atoms with van der Waals surface area (Å²) < 4.78 is 31.5. The maximum atomic E-state index is 12.5. The molecule has 0 bridgehead atoms. The van der Waals surface area contributed by atoms with E-state index in [-0.39, 0.29) is 16.6 Å². The molecule has 0 aliphatic carbocycles. The van der Waals surface area contributed by atoms with Gasteiger partial charge in [-0.1, -0.05) is 72.4 Å². The number of hydrogen-bond donors (Lipinski definition) is 1. The molecule has 0 saturated carbocycles. The van der Waals surface area contributed by atoms with E-state index in [1.165, 1.54) is 38.0 Å². The summed E-state index contributed by atoms with van der Waals surface area (Å²) in [4.78, 5) is 17.3. The molecule has 4 rings (SSSR count). The van der Waals surface area contributed by atoms with E-state index in [2.05, 4.69) is 10.3 Å². The largest absolute Gasteiger partial charge is 0.431 e. The van der Waals surface area contributed by atoms with Gasteiger partial charge in [0.15, 0.2) is 5.76 Å². The van der Waals surface area contributed by atoms with Crippen LogP contribution < -0.4 is 5.32 Å². The second kappa shape index (κ2) is 10.3. The van der Waals surface area contributed by atoms with Crippen molar-refractivity contribution in [1.29, 1.82) is 0 Å². The van der Waals surface area contributed by atoms with E-state index in [1.807, 2.05) is 60.7 Å². The molecular weight excluding hydrogens is 470 g/mol. The van der Waals surface area contributed by atoms with Crippen molar-refractivity contribution in [2.24, 2.45) is 0 Å². The van der Waals surface area contributed by atoms with E-state index in [0.29, 0.717) is 22.4 Å². The number of rotatable bonds is 8. The lowest BCUT2D eigenvalue weighted by atomic mass is 10.1. The number of thioether (sulfide) groups is 1. The number of anilines is 1. The maximum Gasteiger partial charge on any atom is 0.257 e. The fourth-order valence-corrected chi connectivity index (χ4v) is 4.71. The van der Waals surface area contributed by atoms with Crippen LogP contribution in [0.5, 0.6) is 0 Å². The molecule has 1 amide bonds. The Kier molecular flexibility index (Phi) is 7.16. The Morgan fingerprint density at radius 2 is 1.50 bits per heavy atom. The lowest BCUT2D eigenvalue weighted by molar-refractivity contribution is -0.113. The van der Waals surface area contributed by atoms with Gasteiger partial charge in [0.05, 0.1) is 10.6 Å². The summed E-state index contributed by atoms with van der Waals surface area (Å²) in [5.41, 5.74) is 3.05. The molecule has 1 N–H and O–H groups in total. The zero-order valence-corrected chi connectivity index (χ0v) is 20.3. The minimum absolute atomic E-state index is 0.0840. The van der Waals surface area contributed by atoms with Gasteiger partial charge in [0.1, 0.15) is 5.69 Å².